The summed E-state index contributed by atoms with van der Waals surface area (Å²) < 4.78 is 26.8. The Morgan fingerprint density at radius 3 is 2.71 bits per heavy atom. The SMILES string of the molecule is COCCCOc1ccc(-c2cnn3c(N)c(Br)c([C@H]4CC[C@@H](C(F)C(=O)O)CC4)nc23)cn1. The number of hydrogen-bond acceptors (Lipinski definition) is 7. The van der Waals surface area contributed by atoms with Gasteiger partial charge in [-0.15, -0.1) is 0 Å². The number of methoxy groups -OCH3 is 1. The highest BCUT2D eigenvalue weighted by atomic mass is 79.9. The lowest BCUT2D eigenvalue weighted by Gasteiger charge is -2.29. The second kappa shape index (κ2) is 10.6. The Bertz CT molecular complexity index is 1150. The van der Waals surface area contributed by atoms with Gasteiger partial charge in [-0.3, -0.25) is 0 Å². The number of aliphatic carboxylic acids is 1. The molecule has 9 nitrogen and oxygen atoms in total. The molecule has 1 aliphatic carbocycles. The molecule has 0 aromatic carbocycles. The Morgan fingerprint density at radius 2 is 2.06 bits per heavy atom. The van der Waals surface area contributed by atoms with Gasteiger partial charge in [-0.2, -0.15) is 9.61 Å². The summed E-state index contributed by atoms with van der Waals surface area (Å²) in [6, 6.07) is 3.69. The number of aromatic nitrogens is 4. The number of anilines is 1. The normalized spacial score (nSPS) is 19.3. The Labute approximate surface area is 204 Å². The lowest BCUT2D eigenvalue weighted by Crippen LogP contribution is -2.28. The predicted molar refractivity (Wildman–Crippen MR) is 128 cm³/mol. The lowest BCUT2D eigenvalue weighted by molar-refractivity contribution is -0.145. The van der Waals surface area contributed by atoms with Crippen LogP contribution in [0, 0.1) is 5.92 Å². The van der Waals surface area contributed by atoms with Crippen molar-refractivity contribution in [2.45, 2.75) is 44.2 Å². The molecule has 0 radical (unpaired) electrons. The van der Waals surface area contributed by atoms with Gasteiger partial charge in [-0.25, -0.2) is 19.2 Å². The van der Waals surface area contributed by atoms with Crippen LogP contribution in [0.2, 0.25) is 0 Å². The van der Waals surface area contributed by atoms with E-state index in [0.29, 0.717) is 60.7 Å². The number of carboxylic acids is 1. The third-order valence-electron chi connectivity index (χ3n) is 6.25. The summed E-state index contributed by atoms with van der Waals surface area (Å²) in [5.74, 6) is -0.870. The molecule has 1 fully saturated rings. The molecule has 3 N–H and O–H groups in total. The van der Waals surface area contributed by atoms with E-state index in [1.54, 1.807) is 30.1 Å². The summed E-state index contributed by atoms with van der Waals surface area (Å²) in [5.41, 5.74) is 9.35. The zero-order valence-electron chi connectivity index (χ0n) is 18.8. The van der Waals surface area contributed by atoms with Crippen molar-refractivity contribution in [1.82, 2.24) is 19.6 Å². The third-order valence-corrected chi connectivity index (χ3v) is 7.06. The maximum atomic E-state index is 13.9. The van der Waals surface area contributed by atoms with Crippen LogP contribution in [-0.4, -0.2) is 57.2 Å². The largest absolute Gasteiger partial charge is 0.479 e. The fraction of sp³-hybridized carbons (Fsp3) is 0.478. The lowest BCUT2D eigenvalue weighted by atomic mass is 9.78. The van der Waals surface area contributed by atoms with Crippen LogP contribution >= 0.6 is 15.9 Å². The Kier molecular flexibility index (Phi) is 7.62. The molecule has 0 bridgehead atoms. The topological polar surface area (TPSA) is 125 Å². The predicted octanol–water partition coefficient (Wildman–Crippen LogP) is 4.25. The Hall–Kier alpha value is -2.79. The fourth-order valence-corrected chi connectivity index (χ4v) is 4.96. The smallest absolute Gasteiger partial charge is 0.338 e. The molecule has 11 heteroatoms. The van der Waals surface area contributed by atoms with Crippen LogP contribution in [0.4, 0.5) is 10.2 Å². The minimum absolute atomic E-state index is 0.0441. The Balaban J connectivity index is 1.56. The number of carbonyl (C=O) groups is 1. The number of rotatable bonds is 9. The maximum Gasteiger partial charge on any atom is 0.338 e. The standard InChI is InChI=1S/C23H27BrFN5O4/c1-33-9-2-10-34-17-8-7-15(11-27-17)16-12-28-30-21(26)18(24)20(29-22(16)30)14-5-3-13(4-6-14)19(25)23(31)32/h7-8,11-14,19H,2-6,9-10,26H2,1H3,(H,31,32)/t13-,14+,19?. The average Bonchev–Trinajstić information content (AvgIpc) is 3.28. The molecule has 3 aromatic heterocycles. The van der Waals surface area contributed by atoms with Crippen molar-refractivity contribution in [3.05, 3.63) is 34.7 Å². The molecule has 182 valence electrons. The zero-order valence-corrected chi connectivity index (χ0v) is 20.4. The van der Waals surface area contributed by atoms with Crippen LogP contribution in [0.25, 0.3) is 16.8 Å². The van der Waals surface area contributed by atoms with E-state index in [-0.39, 0.29) is 5.92 Å². The van der Waals surface area contributed by atoms with Crippen LogP contribution in [0.3, 0.4) is 0 Å². The van der Waals surface area contributed by atoms with E-state index in [4.69, 9.17) is 25.3 Å². The molecule has 1 aliphatic rings. The van der Waals surface area contributed by atoms with Gasteiger partial charge < -0.3 is 20.3 Å². The van der Waals surface area contributed by atoms with Crippen LogP contribution in [0.1, 0.15) is 43.7 Å². The summed E-state index contributed by atoms with van der Waals surface area (Å²) >= 11 is 3.56. The maximum absolute atomic E-state index is 13.9. The monoisotopic (exact) mass is 535 g/mol. The third kappa shape index (κ3) is 5.00. The molecule has 0 spiro atoms. The molecule has 1 atom stereocenters. The van der Waals surface area contributed by atoms with Gasteiger partial charge in [0.25, 0.3) is 0 Å². The number of halogens is 2. The van der Waals surface area contributed by atoms with E-state index < -0.39 is 18.1 Å². The number of hydrogen-bond donors (Lipinski definition) is 2. The number of carboxylic acid groups (broad SMARTS) is 1. The van der Waals surface area contributed by atoms with E-state index in [0.717, 1.165) is 23.2 Å². The van der Waals surface area contributed by atoms with Crippen LogP contribution < -0.4 is 10.5 Å². The van der Waals surface area contributed by atoms with Crippen molar-refractivity contribution in [2.24, 2.45) is 5.92 Å². The van der Waals surface area contributed by atoms with Gasteiger partial charge in [0.05, 0.1) is 23.0 Å². The quantitative estimate of drug-likeness (QED) is 0.389. The zero-order chi connectivity index (χ0) is 24.2. The molecule has 3 heterocycles. The highest BCUT2D eigenvalue weighted by Gasteiger charge is 2.34. The molecular formula is C23H27BrFN5O4. The summed E-state index contributed by atoms with van der Waals surface area (Å²) in [6.07, 6.45) is 4.60. The number of fused-ring (bicyclic) bond motifs is 1. The van der Waals surface area contributed by atoms with Crippen LogP contribution in [0.5, 0.6) is 5.88 Å². The van der Waals surface area contributed by atoms with Gasteiger partial charge >= 0.3 is 5.97 Å². The number of ether oxygens (including phenoxy) is 2. The van der Waals surface area contributed by atoms with Crippen molar-refractivity contribution in [3.8, 4) is 17.0 Å². The van der Waals surface area contributed by atoms with Gasteiger partial charge in [-0.05, 0) is 47.7 Å². The van der Waals surface area contributed by atoms with Gasteiger partial charge in [0.2, 0.25) is 5.88 Å². The van der Waals surface area contributed by atoms with Crippen molar-refractivity contribution in [1.29, 1.82) is 0 Å². The number of nitrogen functional groups attached to an aromatic ring is 1. The van der Waals surface area contributed by atoms with Gasteiger partial charge in [0.15, 0.2) is 11.8 Å². The number of nitrogens with two attached hydrogens (primary N) is 1. The van der Waals surface area contributed by atoms with E-state index in [9.17, 15) is 9.18 Å². The Morgan fingerprint density at radius 1 is 1.29 bits per heavy atom. The molecule has 1 unspecified atom stereocenters. The number of pyridine rings is 1. The molecule has 4 rings (SSSR count). The van der Waals surface area contributed by atoms with E-state index >= 15 is 0 Å². The van der Waals surface area contributed by atoms with Crippen molar-refractivity contribution in [2.75, 3.05) is 26.1 Å². The van der Waals surface area contributed by atoms with Gasteiger partial charge in [0.1, 0.15) is 5.82 Å². The average molecular weight is 536 g/mol. The molecule has 34 heavy (non-hydrogen) atoms. The summed E-state index contributed by atoms with van der Waals surface area (Å²) in [5, 5.41) is 13.4. The molecule has 0 saturated heterocycles. The minimum atomic E-state index is -1.83. The van der Waals surface area contributed by atoms with Crippen LogP contribution in [0.15, 0.2) is 29.0 Å². The molecule has 3 aromatic rings. The van der Waals surface area contributed by atoms with Gasteiger partial charge in [0, 0.05) is 55.4 Å². The first-order valence-corrected chi connectivity index (χ1v) is 12.0. The van der Waals surface area contributed by atoms with E-state index in [1.165, 1.54) is 0 Å². The van der Waals surface area contributed by atoms with E-state index in [2.05, 4.69) is 26.0 Å². The van der Waals surface area contributed by atoms with Gasteiger partial charge in [-0.1, -0.05) is 0 Å². The highest BCUT2D eigenvalue weighted by Crippen LogP contribution is 2.41. The van der Waals surface area contributed by atoms with Crippen molar-refractivity contribution < 1.29 is 23.8 Å². The first kappa shape index (κ1) is 24.3. The molecular weight excluding hydrogens is 509 g/mol. The first-order valence-electron chi connectivity index (χ1n) is 11.2. The van der Waals surface area contributed by atoms with E-state index in [1.807, 2.05) is 6.07 Å². The minimum Gasteiger partial charge on any atom is -0.479 e. The number of alkyl halides is 1. The summed E-state index contributed by atoms with van der Waals surface area (Å²) in [7, 11) is 1.65. The fourth-order valence-electron chi connectivity index (χ4n) is 4.38. The molecule has 0 aliphatic heterocycles. The highest BCUT2D eigenvalue weighted by molar-refractivity contribution is 9.10. The first-order chi connectivity index (χ1) is 16.4. The molecule has 0 amide bonds. The summed E-state index contributed by atoms with van der Waals surface area (Å²) in [6.45, 7) is 1.14. The summed E-state index contributed by atoms with van der Waals surface area (Å²) in [4.78, 5) is 20.3. The van der Waals surface area contributed by atoms with Crippen LogP contribution in [-0.2, 0) is 9.53 Å². The second-order valence-electron chi connectivity index (χ2n) is 8.42. The van der Waals surface area contributed by atoms with Crippen molar-refractivity contribution in [3.63, 3.8) is 0 Å². The molecule has 1 saturated carbocycles. The number of nitrogens with zero attached hydrogens (tertiary/aromatic N) is 4. The van der Waals surface area contributed by atoms with Crippen molar-refractivity contribution >= 4 is 33.4 Å². The second-order valence-corrected chi connectivity index (χ2v) is 9.21.